The minimum Gasteiger partial charge on any atom is -0.391 e. The number of imidazole rings is 1. The molecule has 0 aliphatic carbocycles. The zero-order valence-electron chi connectivity index (χ0n) is 16.2. The number of aryl methyl sites for hydroxylation is 1. The van der Waals surface area contributed by atoms with E-state index in [0.29, 0.717) is 42.3 Å². The van der Waals surface area contributed by atoms with Crippen LogP contribution >= 0.6 is 0 Å². The minimum atomic E-state index is -4.52. The van der Waals surface area contributed by atoms with Gasteiger partial charge in [-0.2, -0.15) is 13.2 Å². The van der Waals surface area contributed by atoms with Crippen molar-refractivity contribution in [2.45, 2.75) is 24.7 Å². The number of halogens is 3. The zero-order chi connectivity index (χ0) is 22.3. The summed E-state index contributed by atoms with van der Waals surface area (Å²) in [4.78, 5) is 24.2. The number of nitro benzene ring substituents is 1. The summed E-state index contributed by atoms with van der Waals surface area (Å²) in [5, 5.41) is 24.3. The van der Waals surface area contributed by atoms with Crippen LogP contribution in [0.25, 0.3) is 11.0 Å². The molecule has 4 rings (SSSR count). The van der Waals surface area contributed by atoms with Gasteiger partial charge in [-0.1, -0.05) is 0 Å². The first kappa shape index (κ1) is 20.8. The van der Waals surface area contributed by atoms with E-state index in [0.717, 1.165) is 0 Å². The van der Waals surface area contributed by atoms with Crippen molar-refractivity contribution >= 4 is 28.6 Å². The maximum absolute atomic E-state index is 12.7. The maximum Gasteiger partial charge on any atom is 0.419 e. The Morgan fingerprint density at radius 1 is 1.26 bits per heavy atom. The monoisotopic (exact) mass is 437 g/mol. The van der Waals surface area contributed by atoms with Crippen molar-refractivity contribution in [2.75, 3.05) is 23.3 Å². The lowest BCUT2D eigenvalue weighted by molar-refractivity contribution is -0.384. The average Bonchev–Trinajstić information content (AvgIpc) is 3.03. The summed E-state index contributed by atoms with van der Waals surface area (Å²) in [5.74, 6) is 0.530. The number of benzene rings is 1. The second-order valence-electron chi connectivity index (χ2n) is 7.33. The van der Waals surface area contributed by atoms with Crippen LogP contribution in [0.5, 0.6) is 0 Å². The Morgan fingerprint density at radius 3 is 2.61 bits per heavy atom. The largest absolute Gasteiger partial charge is 0.419 e. The number of fused-ring (bicyclic) bond motifs is 1. The first-order chi connectivity index (χ1) is 14.6. The number of aromatic nitrogens is 4. The van der Waals surface area contributed by atoms with E-state index in [-0.39, 0.29) is 24.2 Å². The first-order valence-corrected chi connectivity index (χ1v) is 9.31. The number of hydrogen-bond donors (Lipinski definition) is 2. The lowest BCUT2D eigenvalue weighted by atomic mass is 10.0. The van der Waals surface area contributed by atoms with E-state index >= 15 is 0 Å². The predicted molar refractivity (Wildman–Crippen MR) is 105 cm³/mol. The fraction of sp³-hybridized carbons (Fsp3) is 0.389. The van der Waals surface area contributed by atoms with Crippen LogP contribution in [0, 0.1) is 10.1 Å². The lowest BCUT2D eigenvalue weighted by Crippen LogP contribution is -2.49. The van der Waals surface area contributed by atoms with E-state index in [1.54, 1.807) is 17.7 Å². The summed E-state index contributed by atoms with van der Waals surface area (Å²) in [5.41, 5.74) is 0.116. The van der Waals surface area contributed by atoms with E-state index in [4.69, 9.17) is 0 Å². The summed E-state index contributed by atoms with van der Waals surface area (Å²) < 4.78 is 39.8. The molecule has 0 amide bonds. The Balaban J connectivity index is 1.55. The van der Waals surface area contributed by atoms with E-state index in [1.807, 2.05) is 4.90 Å². The Bertz CT molecular complexity index is 1120. The molecular weight excluding hydrogens is 419 g/mol. The standard InChI is InChI=1S/C18H18F3N7O3/c1-26-15-3-2-12(28(30)31)5-14(15)25-17(26)27-8-11(4-13(29)9-27)24-16-22-6-10(7-23-16)18(19,20)21/h2-3,5-7,11,13,29H,4,8-9H2,1H3,(H,22,23,24)/t11-,13-/m1/s1. The second kappa shape index (κ2) is 7.65. The first-order valence-electron chi connectivity index (χ1n) is 9.31. The average molecular weight is 437 g/mol. The normalized spacial score (nSPS) is 19.6. The van der Waals surface area contributed by atoms with Crippen molar-refractivity contribution in [1.82, 2.24) is 19.5 Å². The molecule has 10 nitrogen and oxygen atoms in total. The SMILES string of the molecule is Cn1c(N2C[C@H](O)C[C@@H](Nc3ncc(C(F)(F)F)cn3)C2)nc2cc([N+](=O)[O-])ccc21. The second-order valence-corrected chi connectivity index (χ2v) is 7.33. The Hall–Kier alpha value is -3.48. The highest BCUT2D eigenvalue weighted by atomic mass is 19.4. The highest BCUT2D eigenvalue weighted by Crippen LogP contribution is 2.29. The number of alkyl halides is 3. The van der Waals surface area contributed by atoms with Crippen molar-refractivity contribution < 1.29 is 23.2 Å². The molecule has 1 fully saturated rings. The smallest absolute Gasteiger partial charge is 0.391 e. The number of nitrogens with zero attached hydrogens (tertiary/aromatic N) is 6. The van der Waals surface area contributed by atoms with Crippen LogP contribution in [0.1, 0.15) is 12.0 Å². The fourth-order valence-electron chi connectivity index (χ4n) is 3.64. The molecule has 3 heterocycles. The molecule has 2 N–H and O–H groups in total. The van der Waals surface area contributed by atoms with Gasteiger partial charge in [0.15, 0.2) is 0 Å². The third kappa shape index (κ3) is 4.21. The van der Waals surface area contributed by atoms with Gasteiger partial charge in [0.05, 0.1) is 27.6 Å². The van der Waals surface area contributed by atoms with Gasteiger partial charge in [0.2, 0.25) is 11.9 Å². The number of anilines is 2. The third-order valence-electron chi connectivity index (χ3n) is 5.08. The summed E-state index contributed by atoms with van der Waals surface area (Å²) >= 11 is 0. The summed E-state index contributed by atoms with van der Waals surface area (Å²) in [6, 6.07) is 4.03. The van der Waals surface area contributed by atoms with Crippen molar-refractivity contribution in [3.8, 4) is 0 Å². The number of aliphatic hydroxyl groups is 1. The van der Waals surface area contributed by atoms with Gasteiger partial charge in [0, 0.05) is 50.7 Å². The van der Waals surface area contributed by atoms with Gasteiger partial charge in [-0.05, 0) is 12.5 Å². The highest BCUT2D eigenvalue weighted by Gasteiger charge is 2.32. The summed E-state index contributed by atoms with van der Waals surface area (Å²) in [6.45, 7) is 0.659. The van der Waals surface area contributed by atoms with Crippen molar-refractivity contribution in [1.29, 1.82) is 0 Å². The molecule has 0 spiro atoms. The van der Waals surface area contributed by atoms with Gasteiger partial charge in [-0.25, -0.2) is 15.0 Å². The summed E-state index contributed by atoms with van der Waals surface area (Å²) in [7, 11) is 1.76. The van der Waals surface area contributed by atoms with E-state index < -0.39 is 22.8 Å². The van der Waals surface area contributed by atoms with Gasteiger partial charge in [0.25, 0.3) is 5.69 Å². The third-order valence-corrected chi connectivity index (χ3v) is 5.08. The number of piperidine rings is 1. The Labute approximate surface area is 173 Å². The minimum absolute atomic E-state index is 0.0210. The van der Waals surface area contributed by atoms with E-state index in [9.17, 15) is 28.4 Å². The molecule has 13 heteroatoms. The molecular formula is C18H18F3N7O3. The quantitative estimate of drug-likeness (QED) is 0.471. The number of nitro groups is 1. The van der Waals surface area contributed by atoms with Crippen molar-refractivity contribution in [3.63, 3.8) is 0 Å². The van der Waals surface area contributed by atoms with Gasteiger partial charge >= 0.3 is 6.18 Å². The van der Waals surface area contributed by atoms with E-state index in [1.165, 1.54) is 12.1 Å². The molecule has 0 unspecified atom stereocenters. The molecule has 164 valence electrons. The van der Waals surface area contributed by atoms with Crippen LogP contribution in [0.15, 0.2) is 30.6 Å². The molecule has 2 aromatic heterocycles. The van der Waals surface area contributed by atoms with E-state index in [2.05, 4.69) is 20.3 Å². The van der Waals surface area contributed by atoms with Crippen LogP contribution in [-0.4, -0.2) is 54.8 Å². The zero-order valence-corrected chi connectivity index (χ0v) is 16.2. The summed E-state index contributed by atoms with van der Waals surface area (Å²) in [6.07, 6.45) is -3.51. The molecule has 3 aromatic rings. The molecule has 0 bridgehead atoms. The molecule has 0 radical (unpaired) electrons. The van der Waals surface area contributed by atoms with Gasteiger partial charge in [-0.15, -0.1) is 0 Å². The van der Waals surface area contributed by atoms with Gasteiger partial charge in [0.1, 0.15) is 0 Å². The van der Waals surface area contributed by atoms with Gasteiger partial charge < -0.3 is 19.9 Å². The van der Waals surface area contributed by atoms with Crippen LogP contribution in [0.2, 0.25) is 0 Å². The molecule has 0 saturated carbocycles. The maximum atomic E-state index is 12.7. The molecule has 2 atom stereocenters. The predicted octanol–water partition coefficient (Wildman–Crippen LogP) is 2.34. The lowest BCUT2D eigenvalue weighted by Gasteiger charge is -2.36. The number of β-amino-alcohol motifs (C(OH)–C–C–N with tert-alkyl or cyclic N) is 1. The number of hydrogen-bond acceptors (Lipinski definition) is 8. The molecule has 31 heavy (non-hydrogen) atoms. The number of rotatable bonds is 4. The topological polar surface area (TPSA) is 122 Å². The number of non-ortho nitro benzene ring substituents is 1. The van der Waals surface area contributed by atoms with Crippen molar-refractivity contribution in [3.05, 3.63) is 46.3 Å². The van der Waals surface area contributed by atoms with Crippen LogP contribution in [-0.2, 0) is 13.2 Å². The molecule has 1 aliphatic heterocycles. The highest BCUT2D eigenvalue weighted by molar-refractivity contribution is 5.81. The molecule has 1 aromatic carbocycles. The number of aliphatic hydroxyl groups excluding tert-OH is 1. The molecule has 1 saturated heterocycles. The van der Waals surface area contributed by atoms with Crippen molar-refractivity contribution in [2.24, 2.45) is 7.05 Å². The Kier molecular flexibility index (Phi) is 5.13. The fourth-order valence-corrected chi connectivity index (χ4v) is 3.64. The van der Waals surface area contributed by atoms with Crippen LogP contribution in [0.4, 0.5) is 30.8 Å². The van der Waals surface area contributed by atoms with Crippen LogP contribution in [0.3, 0.4) is 0 Å². The van der Waals surface area contributed by atoms with Crippen LogP contribution < -0.4 is 10.2 Å². The van der Waals surface area contributed by atoms with Gasteiger partial charge in [-0.3, -0.25) is 10.1 Å². The Morgan fingerprint density at radius 2 is 1.97 bits per heavy atom. The molecule has 1 aliphatic rings. The number of nitrogens with one attached hydrogen (secondary N) is 1.